The molecule has 3 aromatic rings. The lowest BCUT2D eigenvalue weighted by molar-refractivity contribution is -0.726. The summed E-state index contributed by atoms with van der Waals surface area (Å²) in [5.41, 5.74) is 2.97. The Morgan fingerprint density at radius 1 is 1.13 bits per heavy atom. The van der Waals surface area contributed by atoms with Crippen LogP contribution in [0.2, 0.25) is 0 Å². The van der Waals surface area contributed by atoms with Gasteiger partial charge in [0, 0.05) is 31.7 Å². The van der Waals surface area contributed by atoms with Gasteiger partial charge in [-0.3, -0.25) is 0 Å². The monoisotopic (exact) mass is 420 g/mol. The van der Waals surface area contributed by atoms with E-state index in [2.05, 4.69) is 20.3 Å². The molecule has 160 valence electrons. The first-order valence-corrected chi connectivity index (χ1v) is 10.3. The van der Waals surface area contributed by atoms with Crippen LogP contribution in [0, 0.1) is 0 Å². The summed E-state index contributed by atoms with van der Waals surface area (Å²) < 4.78 is 11.2. The minimum absolute atomic E-state index is 0.125. The summed E-state index contributed by atoms with van der Waals surface area (Å²) in [5, 5.41) is 5.28. The maximum Gasteiger partial charge on any atom is 0.367 e. The van der Waals surface area contributed by atoms with Crippen molar-refractivity contribution in [1.82, 2.24) is 15.0 Å². The summed E-state index contributed by atoms with van der Waals surface area (Å²) in [6, 6.07) is 16.8. The quantitative estimate of drug-likeness (QED) is 0.541. The van der Waals surface area contributed by atoms with Crippen molar-refractivity contribution in [2.45, 2.75) is 18.9 Å². The molecular weight excluding hydrogens is 394 g/mol. The largest absolute Gasteiger partial charge is 0.438 e. The van der Waals surface area contributed by atoms with Gasteiger partial charge in [0.05, 0.1) is 12.6 Å². The van der Waals surface area contributed by atoms with Crippen molar-refractivity contribution < 1.29 is 19.7 Å². The van der Waals surface area contributed by atoms with E-state index in [-0.39, 0.29) is 17.8 Å². The lowest BCUT2D eigenvalue weighted by atomic mass is 10.2. The normalized spacial score (nSPS) is 16.2. The molecule has 1 aliphatic heterocycles. The zero-order chi connectivity index (χ0) is 21.5. The summed E-state index contributed by atoms with van der Waals surface area (Å²) in [6.07, 6.45) is 5.42. The fourth-order valence-electron chi connectivity index (χ4n) is 3.58. The highest BCUT2D eigenvalue weighted by molar-refractivity contribution is 5.89. The minimum Gasteiger partial charge on any atom is -0.438 e. The third-order valence-corrected chi connectivity index (χ3v) is 5.11. The topological polar surface area (TPSA) is 93.2 Å². The summed E-state index contributed by atoms with van der Waals surface area (Å²) >= 11 is 0. The molecular formula is C23H26N5O3+. The Bertz CT molecular complexity index is 998. The molecule has 8 nitrogen and oxygen atoms in total. The maximum absolute atomic E-state index is 12.9. The van der Waals surface area contributed by atoms with Gasteiger partial charge in [0.25, 0.3) is 0 Å². The molecule has 1 saturated heterocycles. The number of aromatic nitrogens is 2. The minimum atomic E-state index is -0.125. The van der Waals surface area contributed by atoms with Crippen molar-refractivity contribution >= 4 is 17.4 Å². The summed E-state index contributed by atoms with van der Waals surface area (Å²) in [7, 11) is 1.68. The van der Waals surface area contributed by atoms with E-state index in [9.17, 15) is 4.79 Å². The molecule has 3 N–H and O–H groups in total. The Morgan fingerprint density at radius 2 is 1.97 bits per heavy atom. The van der Waals surface area contributed by atoms with E-state index in [1.54, 1.807) is 37.1 Å². The van der Waals surface area contributed by atoms with Gasteiger partial charge in [-0.05, 0) is 61.4 Å². The predicted molar refractivity (Wildman–Crippen MR) is 116 cm³/mol. The Labute approximate surface area is 181 Å². The molecule has 31 heavy (non-hydrogen) atoms. The number of carbonyl (C=O) groups is 1. The van der Waals surface area contributed by atoms with E-state index in [4.69, 9.17) is 9.47 Å². The summed E-state index contributed by atoms with van der Waals surface area (Å²) in [5.74, 6) is 1.52. The van der Waals surface area contributed by atoms with Crippen LogP contribution in [0.5, 0.6) is 11.6 Å². The SMILES string of the molecule is COC[C@@H]1CCCN1[NH2+]C(=O)c1cccnc1Oc1ccc(Nc2ccccn2)cc1. The molecule has 2 aromatic heterocycles. The predicted octanol–water partition coefficient (Wildman–Crippen LogP) is 2.74. The lowest BCUT2D eigenvalue weighted by Gasteiger charge is -2.19. The number of rotatable bonds is 8. The van der Waals surface area contributed by atoms with Crippen LogP contribution in [0.15, 0.2) is 67.0 Å². The second-order valence-electron chi connectivity index (χ2n) is 7.31. The standard InChI is InChI=1S/C23H25N5O3/c1-30-16-18-6-5-15-28(18)27-22(29)20-7-4-14-25-23(20)31-19-11-9-17(10-12-19)26-21-8-2-3-13-24-21/h2-4,7-14,18H,5-6,15-16H2,1H3,(H,24,26)(H,27,29)/p+1/t18-/m0/s1. The van der Waals surface area contributed by atoms with Gasteiger partial charge >= 0.3 is 5.91 Å². The first-order valence-electron chi connectivity index (χ1n) is 10.3. The highest BCUT2D eigenvalue weighted by atomic mass is 16.5. The molecule has 0 saturated carbocycles. The van der Waals surface area contributed by atoms with Crippen molar-refractivity contribution in [3.05, 3.63) is 72.6 Å². The van der Waals surface area contributed by atoms with Crippen molar-refractivity contribution in [2.24, 2.45) is 0 Å². The molecule has 0 spiro atoms. The van der Waals surface area contributed by atoms with E-state index < -0.39 is 0 Å². The molecule has 1 fully saturated rings. The Balaban J connectivity index is 1.43. The number of nitrogens with one attached hydrogen (secondary N) is 1. The molecule has 0 bridgehead atoms. The third-order valence-electron chi connectivity index (χ3n) is 5.11. The zero-order valence-corrected chi connectivity index (χ0v) is 17.4. The molecule has 3 heterocycles. The fourth-order valence-corrected chi connectivity index (χ4v) is 3.58. The van der Waals surface area contributed by atoms with E-state index in [1.165, 1.54) is 0 Å². The van der Waals surface area contributed by atoms with E-state index >= 15 is 0 Å². The van der Waals surface area contributed by atoms with Crippen molar-refractivity contribution in [3.8, 4) is 11.6 Å². The second-order valence-corrected chi connectivity index (χ2v) is 7.31. The van der Waals surface area contributed by atoms with Crippen LogP contribution >= 0.6 is 0 Å². The number of pyridine rings is 2. The second kappa shape index (κ2) is 10.1. The molecule has 8 heteroatoms. The maximum atomic E-state index is 12.9. The highest BCUT2D eigenvalue weighted by Gasteiger charge is 2.31. The number of methoxy groups -OCH3 is 1. The third kappa shape index (κ3) is 5.43. The number of hydrogen-bond acceptors (Lipinski definition) is 7. The van der Waals surface area contributed by atoms with Gasteiger partial charge in [-0.2, -0.15) is 5.43 Å². The molecule has 1 atom stereocenters. The number of amides is 1. The van der Waals surface area contributed by atoms with Gasteiger partial charge in [0.1, 0.15) is 17.1 Å². The van der Waals surface area contributed by atoms with Gasteiger partial charge in [-0.15, -0.1) is 5.01 Å². The fraction of sp³-hybridized carbons (Fsp3) is 0.261. The van der Waals surface area contributed by atoms with Gasteiger partial charge in [-0.1, -0.05) is 6.07 Å². The molecule has 1 amide bonds. The van der Waals surface area contributed by atoms with Gasteiger partial charge in [0.15, 0.2) is 0 Å². The molecule has 1 aromatic carbocycles. The summed E-state index contributed by atoms with van der Waals surface area (Å²) in [6.45, 7) is 1.46. The highest BCUT2D eigenvalue weighted by Crippen LogP contribution is 2.25. The smallest absolute Gasteiger partial charge is 0.367 e. The average Bonchev–Trinajstić information content (AvgIpc) is 3.23. The van der Waals surface area contributed by atoms with Crippen molar-refractivity contribution in [1.29, 1.82) is 0 Å². The number of benzene rings is 1. The number of anilines is 2. The van der Waals surface area contributed by atoms with Gasteiger partial charge < -0.3 is 14.8 Å². The van der Waals surface area contributed by atoms with E-state index in [0.29, 0.717) is 17.9 Å². The van der Waals surface area contributed by atoms with E-state index in [0.717, 1.165) is 30.9 Å². The van der Waals surface area contributed by atoms with Gasteiger partial charge in [0.2, 0.25) is 5.88 Å². The lowest BCUT2D eigenvalue weighted by Crippen LogP contribution is -2.97. The zero-order valence-electron chi connectivity index (χ0n) is 17.4. The van der Waals surface area contributed by atoms with Crippen LogP contribution in [0.4, 0.5) is 11.5 Å². The molecule has 0 unspecified atom stereocenters. The van der Waals surface area contributed by atoms with E-state index in [1.807, 2.05) is 42.5 Å². The number of primary amides is 1. The number of nitrogens with two attached hydrogens (primary N) is 1. The van der Waals surface area contributed by atoms with Crippen LogP contribution in [-0.4, -0.2) is 47.2 Å². The Morgan fingerprint density at radius 3 is 2.74 bits per heavy atom. The first kappa shape index (κ1) is 20.9. The van der Waals surface area contributed by atoms with Crippen molar-refractivity contribution in [2.75, 3.05) is 25.6 Å². The van der Waals surface area contributed by atoms with Crippen molar-refractivity contribution in [3.63, 3.8) is 0 Å². The number of carbonyl (C=O) groups excluding carboxylic acids is 1. The number of hydrogen-bond donors (Lipinski definition) is 2. The van der Waals surface area contributed by atoms with Crippen LogP contribution in [0.3, 0.4) is 0 Å². The Kier molecular flexibility index (Phi) is 6.83. The van der Waals surface area contributed by atoms with Crippen LogP contribution in [0.1, 0.15) is 23.2 Å². The molecule has 0 radical (unpaired) electrons. The first-order chi connectivity index (χ1) is 15.2. The summed E-state index contributed by atoms with van der Waals surface area (Å²) in [4.78, 5) is 21.5. The van der Waals surface area contributed by atoms with Crippen LogP contribution in [0.25, 0.3) is 0 Å². The average molecular weight is 420 g/mol. The number of ether oxygens (including phenoxy) is 2. The van der Waals surface area contributed by atoms with Crippen LogP contribution < -0.4 is 15.5 Å². The number of quaternary nitrogens is 1. The van der Waals surface area contributed by atoms with Gasteiger partial charge in [-0.25, -0.2) is 14.8 Å². The Hall–Kier alpha value is -3.33. The molecule has 4 rings (SSSR count). The number of nitrogens with zero attached hydrogens (tertiary/aromatic N) is 3. The molecule has 1 aliphatic rings. The molecule has 0 aliphatic carbocycles. The van der Waals surface area contributed by atoms with Crippen LogP contribution in [-0.2, 0) is 4.74 Å².